The Balaban J connectivity index is 1.55. The summed E-state index contributed by atoms with van der Waals surface area (Å²) in [5.41, 5.74) is 10.3. The zero-order valence-electron chi connectivity index (χ0n) is 17.1. The molecular formula is C25H23Cl2N3O. The molecular weight excluding hydrogens is 429 g/mol. The zero-order chi connectivity index (χ0) is 22.0. The van der Waals surface area contributed by atoms with Crippen molar-refractivity contribution in [3.05, 3.63) is 74.9 Å². The standard InChI is InChI=1S/C25H23Cl2N3O/c26-21-10-7-17(14-22(21)27)5-1-3-16-4-2-6-19-20-13-18(15-28)9-12-24(20)30(25(29)31)23(19)11-8-16/h1,5,7,9-10,12-14,16H,2-4,6,8,11H2,(H2,29,31)/b5-1+. The maximum absolute atomic E-state index is 12.3. The van der Waals surface area contributed by atoms with Gasteiger partial charge in [-0.25, -0.2) is 4.79 Å². The fraction of sp³-hybridized carbons (Fsp3) is 0.280. The number of allylic oxidation sites excluding steroid dienone is 1. The van der Waals surface area contributed by atoms with Crippen LogP contribution in [0.25, 0.3) is 17.0 Å². The van der Waals surface area contributed by atoms with Gasteiger partial charge in [-0.05, 0) is 85.9 Å². The van der Waals surface area contributed by atoms with Crippen LogP contribution < -0.4 is 5.73 Å². The van der Waals surface area contributed by atoms with Gasteiger partial charge in [0.1, 0.15) is 0 Å². The highest BCUT2D eigenvalue weighted by atomic mass is 35.5. The topological polar surface area (TPSA) is 71.8 Å². The molecule has 0 saturated heterocycles. The monoisotopic (exact) mass is 451 g/mol. The minimum atomic E-state index is -0.465. The summed E-state index contributed by atoms with van der Waals surface area (Å²) < 4.78 is 1.64. The van der Waals surface area contributed by atoms with Crippen molar-refractivity contribution in [1.29, 1.82) is 5.26 Å². The number of hydrogen-bond donors (Lipinski definition) is 1. The number of nitriles is 1. The average molecular weight is 452 g/mol. The molecule has 1 aliphatic carbocycles. The Morgan fingerprint density at radius 1 is 1.16 bits per heavy atom. The van der Waals surface area contributed by atoms with Crippen LogP contribution in [-0.4, -0.2) is 10.6 Å². The molecule has 4 nitrogen and oxygen atoms in total. The molecule has 0 aliphatic heterocycles. The maximum atomic E-state index is 12.3. The van der Waals surface area contributed by atoms with Gasteiger partial charge in [0.25, 0.3) is 0 Å². The van der Waals surface area contributed by atoms with Crippen LogP contribution >= 0.6 is 23.2 Å². The average Bonchev–Trinajstić information content (AvgIpc) is 3.04. The second-order valence-corrected chi connectivity index (χ2v) is 8.87. The predicted octanol–water partition coefficient (Wildman–Crippen LogP) is 6.74. The molecule has 0 fully saturated rings. The number of benzene rings is 2. The lowest BCUT2D eigenvalue weighted by Gasteiger charge is -2.20. The van der Waals surface area contributed by atoms with Crippen LogP contribution in [0.4, 0.5) is 4.79 Å². The summed E-state index contributed by atoms with van der Waals surface area (Å²) in [5.74, 6) is 0.529. The quantitative estimate of drug-likeness (QED) is 0.478. The number of nitrogens with zero attached hydrogens (tertiary/aromatic N) is 2. The number of carbonyl (C=O) groups is 1. The molecule has 158 valence electrons. The van der Waals surface area contributed by atoms with Gasteiger partial charge in [-0.15, -0.1) is 0 Å². The molecule has 1 atom stereocenters. The van der Waals surface area contributed by atoms with E-state index in [1.165, 1.54) is 0 Å². The normalized spacial score (nSPS) is 16.6. The number of aryl methyl sites for hydroxylation is 1. The molecule has 1 heterocycles. The van der Waals surface area contributed by atoms with Crippen LogP contribution in [0.1, 0.15) is 48.1 Å². The van der Waals surface area contributed by atoms with Crippen molar-refractivity contribution < 1.29 is 4.79 Å². The summed E-state index contributed by atoms with van der Waals surface area (Å²) >= 11 is 12.1. The van der Waals surface area contributed by atoms with Gasteiger partial charge in [0.15, 0.2) is 0 Å². The molecule has 0 saturated carbocycles. The summed E-state index contributed by atoms with van der Waals surface area (Å²) in [6, 6.07) is 12.8. The fourth-order valence-electron chi connectivity index (χ4n) is 4.57. The summed E-state index contributed by atoms with van der Waals surface area (Å²) in [6.45, 7) is 0. The van der Waals surface area contributed by atoms with Gasteiger partial charge >= 0.3 is 6.03 Å². The number of halogens is 2. The van der Waals surface area contributed by atoms with Crippen LogP contribution in [-0.2, 0) is 12.8 Å². The number of rotatable bonds is 3. The van der Waals surface area contributed by atoms with Crippen molar-refractivity contribution in [1.82, 2.24) is 4.57 Å². The van der Waals surface area contributed by atoms with E-state index in [1.54, 1.807) is 16.7 Å². The highest BCUT2D eigenvalue weighted by Gasteiger charge is 2.23. The molecule has 1 aliphatic rings. The second kappa shape index (κ2) is 9.18. The summed E-state index contributed by atoms with van der Waals surface area (Å²) in [6.07, 6.45) is 10.0. The van der Waals surface area contributed by atoms with Gasteiger partial charge in [-0.1, -0.05) is 41.4 Å². The van der Waals surface area contributed by atoms with Gasteiger partial charge in [0.05, 0.1) is 27.2 Å². The Morgan fingerprint density at radius 3 is 2.74 bits per heavy atom. The molecule has 1 amide bonds. The van der Waals surface area contributed by atoms with E-state index in [-0.39, 0.29) is 0 Å². The van der Waals surface area contributed by atoms with Gasteiger partial charge in [0.2, 0.25) is 0 Å². The number of fused-ring (bicyclic) bond motifs is 3. The molecule has 0 bridgehead atoms. The van der Waals surface area contributed by atoms with E-state index in [4.69, 9.17) is 28.9 Å². The lowest BCUT2D eigenvalue weighted by atomic mass is 9.87. The Labute approximate surface area is 191 Å². The molecule has 3 aromatic rings. The minimum Gasteiger partial charge on any atom is -0.351 e. The van der Waals surface area contributed by atoms with E-state index < -0.39 is 6.03 Å². The third kappa shape index (κ3) is 4.49. The smallest absolute Gasteiger partial charge is 0.323 e. The highest BCUT2D eigenvalue weighted by molar-refractivity contribution is 6.42. The number of hydrogen-bond acceptors (Lipinski definition) is 2. The van der Waals surface area contributed by atoms with Crippen LogP contribution in [0.15, 0.2) is 42.5 Å². The van der Waals surface area contributed by atoms with Gasteiger partial charge in [-0.3, -0.25) is 4.57 Å². The molecule has 6 heteroatoms. The number of carbonyl (C=O) groups excluding carboxylic acids is 1. The van der Waals surface area contributed by atoms with E-state index in [1.807, 2.05) is 24.3 Å². The number of nitrogens with two attached hydrogens (primary N) is 1. The number of amides is 1. The van der Waals surface area contributed by atoms with Crippen LogP contribution in [0, 0.1) is 17.2 Å². The first-order chi connectivity index (χ1) is 15.0. The van der Waals surface area contributed by atoms with Crippen molar-refractivity contribution in [3.8, 4) is 6.07 Å². The molecule has 0 radical (unpaired) electrons. The van der Waals surface area contributed by atoms with Gasteiger partial charge in [0, 0.05) is 11.1 Å². The van der Waals surface area contributed by atoms with Crippen LogP contribution in [0.2, 0.25) is 10.0 Å². The summed E-state index contributed by atoms with van der Waals surface area (Å²) in [7, 11) is 0. The maximum Gasteiger partial charge on any atom is 0.323 e. The first kappa shape index (κ1) is 21.5. The van der Waals surface area contributed by atoms with E-state index >= 15 is 0 Å². The largest absolute Gasteiger partial charge is 0.351 e. The summed E-state index contributed by atoms with van der Waals surface area (Å²) in [4.78, 5) is 12.3. The number of aromatic nitrogens is 1. The van der Waals surface area contributed by atoms with E-state index in [9.17, 15) is 10.1 Å². The van der Waals surface area contributed by atoms with E-state index in [2.05, 4.69) is 18.2 Å². The Bertz CT molecular complexity index is 1220. The van der Waals surface area contributed by atoms with Crippen molar-refractivity contribution in [2.24, 2.45) is 11.7 Å². The molecule has 4 rings (SSSR count). The third-order valence-electron chi connectivity index (χ3n) is 6.08. The molecule has 0 spiro atoms. The predicted molar refractivity (Wildman–Crippen MR) is 126 cm³/mol. The van der Waals surface area contributed by atoms with Crippen molar-refractivity contribution in [2.45, 2.75) is 38.5 Å². The van der Waals surface area contributed by atoms with Gasteiger partial charge in [-0.2, -0.15) is 5.26 Å². The Kier molecular flexibility index (Phi) is 6.36. The van der Waals surface area contributed by atoms with E-state index in [0.29, 0.717) is 21.5 Å². The minimum absolute atomic E-state index is 0.465. The molecule has 31 heavy (non-hydrogen) atoms. The third-order valence-corrected chi connectivity index (χ3v) is 6.82. The van der Waals surface area contributed by atoms with Gasteiger partial charge < -0.3 is 5.73 Å². The molecule has 1 aromatic heterocycles. The van der Waals surface area contributed by atoms with Crippen molar-refractivity contribution in [2.75, 3.05) is 0 Å². The first-order valence-electron chi connectivity index (χ1n) is 10.5. The molecule has 1 unspecified atom stereocenters. The van der Waals surface area contributed by atoms with Crippen LogP contribution in [0.5, 0.6) is 0 Å². The number of primary amides is 1. The lowest BCUT2D eigenvalue weighted by Crippen LogP contribution is -2.22. The second-order valence-electron chi connectivity index (χ2n) is 8.05. The molecule has 2 N–H and O–H groups in total. The zero-order valence-corrected chi connectivity index (χ0v) is 18.6. The Hall–Kier alpha value is -2.74. The SMILES string of the molecule is N#Cc1ccc2c(c1)c1c(n2C(N)=O)CCC(C/C=C/c2ccc(Cl)c(Cl)c2)CCC1. The van der Waals surface area contributed by atoms with Crippen LogP contribution in [0.3, 0.4) is 0 Å². The fourth-order valence-corrected chi connectivity index (χ4v) is 4.88. The summed E-state index contributed by atoms with van der Waals surface area (Å²) in [5, 5.41) is 11.4. The lowest BCUT2D eigenvalue weighted by molar-refractivity contribution is 0.250. The van der Waals surface area contributed by atoms with Crippen molar-refractivity contribution >= 4 is 46.2 Å². The Morgan fingerprint density at radius 2 is 2.00 bits per heavy atom. The van der Waals surface area contributed by atoms with Crippen molar-refractivity contribution in [3.63, 3.8) is 0 Å². The first-order valence-corrected chi connectivity index (χ1v) is 11.2. The van der Waals surface area contributed by atoms with E-state index in [0.717, 1.165) is 66.2 Å². The highest BCUT2D eigenvalue weighted by Crippen LogP contribution is 2.34. The molecule has 2 aromatic carbocycles.